The highest BCUT2D eigenvalue weighted by atomic mass is 14.4. The summed E-state index contributed by atoms with van der Waals surface area (Å²) in [5.41, 5.74) is 11.4. The Morgan fingerprint density at radius 3 is 2.15 bits per heavy atom. The minimum atomic E-state index is -0.167. The second-order valence-corrected chi connectivity index (χ2v) is 7.39. The Bertz CT molecular complexity index is 1040. The average Bonchev–Trinajstić information content (AvgIpc) is 2.90. The highest BCUT2D eigenvalue weighted by Gasteiger charge is 2.42. The lowest BCUT2D eigenvalue weighted by Gasteiger charge is -2.29. The van der Waals surface area contributed by atoms with Crippen LogP contribution in [-0.4, -0.2) is 0 Å². The summed E-state index contributed by atoms with van der Waals surface area (Å²) in [5, 5.41) is 0. The summed E-state index contributed by atoms with van der Waals surface area (Å²) in [5.74, 6) is 0. The van der Waals surface area contributed by atoms with E-state index in [-0.39, 0.29) is 5.41 Å². The van der Waals surface area contributed by atoms with Crippen LogP contribution in [0.1, 0.15) is 45.9 Å². The van der Waals surface area contributed by atoms with Gasteiger partial charge in [0.1, 0.15) is 0 Å². The summed E-state index contributed by atoms with van der Waals surface area (Å²) < 4.78 is 0. The first-order chi connectivity index (χ1) is 12.5. The van der Waals surface area contributed by atoms with Crippen LogP contribution in [-0.2, 0) is 5.41 Å². The van der Waals surface area contributed by atoms with Gasteiger partial charge in [-0.2, -0.15) is 0 Å². The molecule has 1 atom stereocenters. The van der Waals surface area contributed by atoms with Crippen LogP contribution >= 0.6 is 0 Å². The van der Waals surface area contributed by atoms with Crippen molar-refractivity contribution in [2.45, 2.75) is 26.2 Å². The Labute approximate surface area is 156 Å². The average molecular weight is 336 g/mol. The topological polar surface area (TPSA) is 0 Å². The number of aryl methyl sites for hydroxylation is 2. The van der Waals surface area contributed by atoms with Crippen LogP contribution in [0.3, 0.4) is 0 Å². The zero-order valence-corrected chi connectivity index (χ0v) is 15.8. The molecule has 1 aliphatic rings. The lowest BCUT2D eigenvalue weighted by molar-refractivity contribution is 0.712. The van der Waals surface area contributed by atoms with Gasteiger partial charge in [0, 0.05) is 5.41 Å². The highest BCUT2D eigenvalue weighted by Crippen LogP contribution is 2.54. The third kappa shape index (κ3) is 2.08. The fraction of sp³-hybridized carbons (Fsp3) is 0.154. The summed E-state index contributed by atoms with van der Waals surface area (Å²) in [4.78, 5) is 0. The Morgan fingerprint density at radius 2 is 1.50 bits per heavy atom. The fourth-order valence-electron chi connectivity index (χ4n) is 4.54. The maximum Gasteiger partial charge on any atom is 0.0435 e. The predicted molar refractivity (Wildman–Crippen MR) is 114 cm³/mol. The fourth-order valence-corrected chi connectivity index (χ4v) is 4.54. The first-order valence-corrected chi connectivity index (χ1v) is 9.12. The van der Waals surface area contributed by atoms with Gasteiger partial charge in [0.15, 0.2) is 0 Å². The second-order valence-electron chi connectivity index (χ2n) is 7.39. The normalized spacial score (nSPS) is 17.5. The van der Waals surface area contributed by atoms with E-state index in [2.05, 4.69) is 88.5 Å². The molecule has 0 saturated carbocycles. The molecule has 0 spiro atoms. The second kappa shape index (κ2) is 5.85. The monoisotopic (exact) mass is 336 g/mol. The van der Waals surface area contributed by atoms with E-state index >= 15 is 0 Å². The van der Waals surface area contributed by atoms with E-state index in [9.17, 15) is 0 Å². The maximum atomic E-state index is 4.12. The van der Waals surface area contributed by atoms with Crippen molar-refractivity contribution in [2.24, 2.45) is 0 Å². The van der Waals surface area contributed by atoms with Gasteiger partial charge in [0.25, 0.3) is 0 Å². The van der Waals surface area contributed by atoms with Gasteiger partial charge in [0.2, 0.25) is 0 Å². The zero-order valence-electron chi connectivity index (χ0n) is 15.8. The number of benzene rings is 3. The van der Waals surface area contributed by atoms with E-state index in [0.29, 0.717) is 0 Å². The molecule has 0 heteroatoms. The third-order valence-electron chi connectivity index (χ3n) is 5.90. The third-order valence-corrected chi connectivity index (χ3v) is 5.90. The van der Waals surface area contributed by atoms with Gasteiger partial charge in [-0.25, -0.2) is 0 Å². The van der Waals surface area contributed by atoms with Gasteiger partial charge in [-0.3, -0.25) is 0 Å². The first-order valence-electron chi connectivity index (χ1n) is 9.12. The molecular weight excluding hydrogens is 312 g/mol. The molecular formula is C26H24. The number of fused-ring (bicyclic) bond motifs is 3. The van der Waals surface area contributed by atoms with Gasteiger partial charge < -0.3 is 0 Å². The molecule has 3 aromatic rings. The number of rotatable bonds is 3. The molecule has 0 nitrogen and oxygen atoms in total. The van der Waals surface area contributed by atoms with Crippen molar-refractivity contribution < 1.29 is 0 Å². The van der Waals surface area contributed by atoms with E-state index in [1.54, 1.807) is 0 Å². The van der Waals surface area contributed by atoms with Gasteiger partial charge in [0.05, 0.1) is 0 Å². The van der Waals surface area contributed by atoms with Crippen LogP contribution in [0.2, 0.25) is 0 Å². The van der Waals surface area contributed by atoms with Crippen LogP contribution in [0, 0.1) is 13.8 Å². The lowest BCUT2D eigenvalue weighted by atomic mass is 9.73. The minimum Gasteiger partial charge on any atom is -0.0984 e. The van der Waals surface area contributed by atoms with Crippen LogP contribution < -0.4 is 0 Å². The SMILES string of the molecule is C=Cc1c(C)cc2c(c1C=C)-c1ccc(C)cc1C2(C)c1ccccc1. The molecule has 0 bridgehead atoms. The minimum absolute atomic E-state index is 0.167. The van der Waals surface area contributed by atoms with E-state index in [1.165, 1.54) is 50.1 Å². The largest absolute Gasteiger partial charge is 0.0984 e. The van der Waals surface area contributed by atoms with Crippen molar-refractivity contribution in [1.82, 2.24) is 0 Å². The summed E-state index contributed by atoms with van der Waals surface area (Å²) in [7, 11) is 0. The molecule has 0 aliphatic heterocycles. The van der Waals surface area contributed by atoms with Crippen LogP contribution in [0.4, 0.5) is 0 Å². The molecule has 0 amide bonds. The van der Waals surface area contributed by atoms with Crippen LogP contribution in [0.5, 0.6) is 0 Å². The summed E-state index contributed by atoms with van der Waals surface area (Å²) in [6.45, 7) is 14.9. The standard InChI is InChI=1S/C26H24/c1-6-20-18(4)16-24-25(21(20)7-2)22-14-13-17(3)15-23(22)26(24,5)19-11-9-8-10-12-19/h6-16H,1-2H2,3-5H3. The molecule has 0 radical (unpaired) electrons. The van der Waals surface area contributed by atoms with E-state index in [0.717, 1.165) is 0 Å². The van der Waals surface area contributed by atoms with Crippen molar-refractivity contribution in [1.29, 1.82) is 0 Å². The summed E-state index contributed by atoms with van der Waals surface area (Å²) >= 11 is 0. The number of hydrogen-bond donors (Lipinski definition) is 0. The predicted octanol–water partition coefficient (Wildman–Crippen LogP) is 6.92. The van der Waals surface area contributed by atoms with Crippen molar-refractivity contribution in [2.75, 3.05) is 0 Å². The van der Waals surface area contributed by atoms with Crippen molar-refractivity contribution in [3.63, 3.8) is 0 Å². The Morgan fingerprint density at radius 1 is 0.808 bits per heavy atom. The molecule has 0 aromatic heterocycles. The summed E-state index contributed by atoms with van der Waals surface area (Å²) in [6, 6.07) is 20.0. The van der Waals surface area contributed by atoms with E-state index in [4.69, 9.17) is 0 Å². The Hall–Kier alpha value is -2.86. The maximum absolute atomic E-state index is 4.12. The van der Waals surface area contributed by atoms with Gasteiger partial charge >= 0.3 is 0 Å². The molecule has 0 N–H and O–H groups in total. The highest BCUT2D eigenvalue weighted by molar-refractivity contribution is 5.92. The Kier molecular flexibility index (Phi) is 3.73. The lowest BCUT2D eigenvalue weighted by Crippen LogP contribution is -2.22. The smallest absolute Gasteiger partial charge is 0.0435 e. The molecule has 26 heavy (non-hydrogen) atoms. The molecule has 1 aliphatic carbocycles. The summed E-state index contributed by atoms with van der Waals surface area (Å²) in [6.07, 6.45) is 3.95. The van der Waals surface area contributed by atoms with Gasteiger partial charge in [-0.05, 0) is 65.3 Å². The molecule has 0 fully saturated rings. The Balaban J connectivity index is 2.19. The molecule has 0 heterocycles. The zero-order chi connectivity index (χ0) is 18.5. The van der Waals surface area contributed by atoms with E-state index in [1.807, 2.05) is 12.2 Å². The van der Waals surface area contributed by atoms with E-state index < -0.39 is 0 Å². The van der Waals surface area contributed by atoms with Crippen LogP contribution in [0.25, 0.3) is 23.3 Å². The molecule has 3 aromatic carbocycles. The molecule has 128 valence electrons. The van der Waals surface area contributed by atoms with Crippen molar-refractivity contribution in [3.05, 3.63) is 107 Å². The quantitative estimate of drug-likeness (QED) is 0.487. The van der Waals surface area contributed by atoms with Crippen LogP contribution in [0.15, 0.2) is 67.8 Å². The molecule has 4 rings (SSSR count). The molecule has 0 saturated heterocycles. The van der Waals surface area contributed by atoms with Crippen molar-refractivity contribution in [3.8, 4) is 11.1 Å². The van der Waals surface area contributed by atoms with Gasteiger partial charge in [-0.1, -0.05) is 85.5 Å². The first kappa shape index (κ1) is 16.6. The number of hydrogen-bond acceptors (Lipinski definition) is 0. The molecule has 1 unspecified atom stereocenters. The van der Waals surface area contributed by atoms with Crippen molar-refractivity contribution >= 4 is 12.2 Å². The van der Waals surface area contributed by atoms with Gasteiger partial charge in [-0.15, -0.1) is 0 Å².